The van der Waals surface area contributed by atoms with Crippen LogP contribution < -0.4 is 11.1 Å². The molecule has 238 valence electrons. The van der Waals surface area contributed by atoms with E-state index in [9.17, 15) is 27.5 Å². The SMILES string of the molecule is CC(C)CN([C@H](CO)CCCCNC(=O)[C@H](COC(N)=O)C(c1ccccc1)c1ccccc1)S(=O)(=O)c1ccc(F)cc1. The maximum Gasteiger partial charge on any atom is 0.404 e. The second-order valence-electron chi connectivity index (χ2n) is 11.1. The van der Waals surface area contributed by atoms with E-state index >= 15 is 0 Å². The third-order valence-corrected chi connectivity index (χ3v) is 9.24. The standard InChI is InChI=1S/C33H42FN3O6S/c1-24(2)21-37(44(41,42)29-18-16-27(34)17-19-29)28(22-38)15-9-10-20-36-32(39)30(23-43-33(35)40)31(25-11-5-3-6-12-25)26-13-7-4-8-14-26/h3-8,11-14,16-19,24,28,30-31,38H,9-10,15,20-23H2,1-2H3,(H2,35,40)(H,36,39)/t28-,30+/m0/s1. The molecule has 0 spiro atoms. The van der Waals surface area contributed by atoms with Gasteiger partial charge in [0.15, 0.2) is 0 Å². The molecule has 0 aromatic heterocycles. The highest BCUT2D eigenvalue weighted by Gasteiger charge is 2.33. The Kier molecular flexibility index (Phi) is 13.3. The zero-order valence-corrected chi connectivity index (χ0v) is 26.0. The van der Waals surface area contributed by atoms with E-state index in [0.717, 1.165) is 23.3 Å². The fourth-order valence-electron chi connectivity index (χ4n) is 5.19. The van der Waals surface area contributed by atoms with Crippen molar-refractivity contribution in [3.63, 3.8) is 0 Å². The molecule has 9 nitrogen and oxygen atoms in total. The number of sulfonamides is 1. The lowest BCUT2D eigenvalue weighted by atomic mass is 9.80. The van der Waals surface area contributed by atoms with Gasteiger partial charge in [0.1, 0.15) is 12.4 Å². The van der Waals surface area contributed by atoms with E-state index in [1.54, 1.807) is 0 Å². The average Bonchev–Trinajstić information content (AvgIpc) is 3.00. The van der Waals surface area contributed by atoms with E-state index in [4.69, 9.17) is 10.5 Å². The lowest BCUT2D eigenvalue weighted by Crippen LogP contribution is -2.44. The molecule has 2 amide bonds. The molecule has 0 heterocycles. The molecule has 0 aliphatic carbocycles. The second-order valence-corrected chi connectivity index (χ2v) is 13.0. The van der Waals surface area contributed by atoms with Gasteiger partial charge in [-0.1, -0.05) is 80.9 Å². The van der Waals surface area contributed by atoms with Crippen LogP contribution in [0.1, 0.15) is 50.2 Å². The first kappa shape index (κ1) is 34.7. The number of ether oxygens (including phenoxy) is 1. The van der Waals surface area contributed by atoms with Gasteiger partial charge >= 0.3 is 6.09 Å². The molecule has 0 aliphatic rings. The Morgan fingerprint density at radius 2 is 1.50 bits per heavy atom. The zero-order valence-electron chi connectivity index (χ0n) is 25.1. The number of carbonyl (C=O) groups is 2. The predicted molar refractivity (Wildman–Crippen MR) is 167 cm³/mol. The van der Waals surface area contributed by atoms with E-state index in [1.807, 2.05) is 74.5 Å². The normalized spacial score (nSPS) is 13.2. The van der Waals surface area contributed by atoms with Gasteiger partial charge in [-0.25, -0.2) is 17.6 Å². The van der Waals surface area contributed by atoms with Crippen molar-refractivity contribution in [1.29, 1.82) is 0 Å². The molecule has 0 radical (unpaired) electrons. The topological polar surface area (TPSA) is 139 Å². The van der Waals surface area contributed by atoms with E-state index in [-0.39, 0.29) is 43.0 Å². The molecule has 2 atom stereocenters. The number of unbranched alkanes of at least 4 members (excludes halogenated alkanes) is 1. The van der Waals surface area contributed by atoms with Crippen molar-refractivity contribution in [3.05, 3.63) is 102 Å². The number of nitrogens with one attached hydrogen (secondary N) is 1. The summed E-state index contributed by atoms with van der Waals surface area (Å²) in [6, 6.07) is 22.9. The summed E-state index contributed by atoms with van der Waals surface area (Å²) in [4.78, 5) is 25.0. The Morgan fingerprint density at radius 3 is 2.00 bits per heavy atom. The van der Waals surface area contributed by atoms with Crippen molar-refractivity contribution < 1.29 is 32.2 Å². The number of aliphatic hydroxyl groups excluding tert-OH is 1. The molecule has 44 heavy (non-hydrogen) atoms. The van der Waals surface area contributed by atoms with Gasteiger partial charge in [0.2, 0.25) is 15.9 Å². The third-order valence-electron chi connectivity index (χ3n) is 7.31. The quantitative estimate of drug-likeness (QED) is 0.186. The monoisotopic (exact) mass is 627 g/mol. The molecule has 0 saturated carbocycles. The number of nitrogens with zero attached hydrogens (tertiary/aromatic N) is 1. The van der Waals surface area contributed by atoms with Crippen LogP contribution in [0.25, 0.3) is 0 Å². The average molecular weight is 628 g/mol. The Bertz CT molecular complexity index is 1380. The van der Waals surface area contributed by atoms with E-state index in [2.05, 4.69) is 5.32 Å². The van der Waals surface area contributed by atoms with Gasteiger partial charge in [-0.3, -0.25) is 4.79 Å². The fraction of sp³-hybridized carbons (Fsp3) is 0.394. The number of aliphatic hydroxyl groups is 1. The van der Waals surface area contributed by atoms with Crippen LogP contribution in [0.3, 0.4) is 0 Å². The maximum absolute atomic E-state index is 13.5. The van der Waals surface area contributed by atoms with E-state index < -0.39 is 39.8 Å². The van der Waals surface area contributed by atoms with Gasteiger partial charge in [0.25, 0.3) is 0 Å². The van der Waals surface area contributed by atoms with Crippen LogP contribution in [0.5, 0.6) is 0 Å². The Hall–Kier alpha value is -3.80. The maximum atomic E-state index is 13.5. The summed E-state index contributed by atoms with van der Waals surface area (Å²) in [6.45, 7) is 3.63. The minimum Gasteiger partial charge on any atom is -0.449 e. The second kappa shape index (κ2) is 16.9. The van der Waals surface area contributed by atoms with E-state index in [0.29, 0.717) is 19.3 Å². The summed E-state index contributed by atoms with van der Waals surface area (Å²) in [5.41, 5.74) is 7.01. The van der Waals surface area contributed by atoms with Crippen molar-refractivity contribution in [1.82, 2.24) is 9.62 Å². The van der Waals surface area contributed by atoms with E-state index in [1.165, 1.54) is 16.4 Å². The van der Waals surface area contributed by atoms with Gasteiger partial charge in [-0.05, 0) is 54.2 Å². The van der Waals surface area contributed by atoms with Gasteiger partial charge in [0.05, 0.1) is 17.4 Å². The third kappa shape index (κ3) is 9.87. The zero-order chi connectivity index (χ0) is 32.1. The highest BCUT2D eigenvalue weighted by atomic mass is 32.2. The lowest BCUT2D eigenvalue weighted by Gasteiger charge is -2.31. The van der Waals surface area contributed by atoms with Crippen LogP contribution in [-0.2, 0) is 19.6 Å². The molecule has 0 fully saturated rings. The first-order valence-electron chi connectivity index (χ1n) is 14.7. The van der Waals surface area contributed by atoms with Crippen LogP contribution in [0.4, 0.5) is 9.18 Å². The van der Waals surface area contributed by atoms with Crippen molar-refractivity contribution in [2.24, 2.45) is 17.6 Å². The summed E-state index contributed by atoms with van der Waals surface area (Å²) in [6.07, 6.45) is 0.408. The highest BCUT2D eigenvalue weighted by Crippen LogP contribution is 2.33. The van der Waals surface area contributed by atoms with Crippen molar-refractivity contribution >= 4 is 22.0 Å². The minimum atomic E-state index is -3.98. The van der Waals surface area contributed by atoms with Crippen LogP contribution in [-0.4, -0.2) is 62.2 Å². The summed E-state index contributed by atoms with van der Waals surface area (Å²) in [7, 11) is -3.98. The number of hydrogen-bond donors (Lipinski definition) is 3. The predicted octanol–water partition coefficient (Wildman–Crippen LogP) is 4.66. The Morgan fingerprint density at radius 1 is 0.932 bits per heavy atom. The molecular formula is C33H42FN3O6S. The van der Waals surface area contributed by atoms with Crippen molar-refractivity contribution in [2.45, 2.75) is 50.0 Å². The minimum absolute atomic E-state index is 0.0136. The summed E-state index contributed by atoms with van der Waals surface area (Å²) in [5, 5.41) is 13.1. The molecule has 0 bridgehead atoms. The molecule has 0 unspecified atom stereocenters. The first-order valence-corrected chi connectivity index (χ1v) is 16.2. The first-order chi connectivity index (χ1) is 21.0. The van der Waals surface area contributed by atoms with Crippen LogP contribution >= 0.6 is 0 Å². The smallest absolute Gasteiger partial charge is 0.404 e. The number of halogens is 1. The molecular weight excluding hydrogens is 585 g/mol. The number of primary amides is 1. The van der Waals surface area contributed by atoms with Gasteiger partial charge < -0.3 is 20.9 Å². The largest absolute Gasteiger partial charge is 0.449 e. The van der Waals surface area contributed by atoms with Crippen molar-refractivity contribution in [3.8, 4) is 0 Å². The van der Waals surface area contributed by atoms with Crippen LogP contribution in [0, 0.1) is 17.7 Å². The Balaban J connectivity index is 1.69. The number of nitrogens with two attached hydrogens (primary N) is 1. The number of carbonyl (C=O) groups excluding carboxylic acids is 2. The molecule has 11 heteroatoms. The highest BCUT2D eigenvalue weighted by molar-refractivity contribution is 7.89. The molecule has 3 aromatic carbocycles. The number of amides is 2. The van der Waals surface area contributed by atoms with Crippen LogP contribution in [0.2, 0.25) is 0 Å². The molecule has 4 N–H and O–H groups in total. The Labute approximate surface area is 259 Å². The summed E-state index contributed by atoms with van der Waals surface area (Å²) >= 11 is 0. The van der Waals surface area contributed by atoms with Gasteiger partial charge in [-0.15, -0.1) is 0 Å². The van der Waals surface area contributed by atoms with Gasteiger partial charge in [0, 0.05) is 25.0 Å². The summed E-state index contributed by atoms with van der Waals surface area (Å²) < 4.78 is 46.7. The molecule has 0 aliphatic heterocycles. The number of benzene rings is 3. The number of hydrogen-bond acceptors (Lipinski definition) is 6. The van der Waals surface area contributed by atoms with Crippen LogP contribution in [0.15, 0.2) is 89.8 Å². The summed E-state index contributed by atoms with van der Waals surface area (Å²) in [5.74, 6) is -2.04. The fourth-order valence-corrected chi connectivity index (χ4v) is 7.00. The molecule has 3 rings (SSSR count). The van der Waals surface area contributed by atoms with Gasteiger partial charge in [-0.2, -0.15) is 4.31 Å². The molecule has 0 saturated heterocycles. The molecule has 3 aromatic rings. The number of rotatable bonds is 17. The lowest BCUT2D eigenvalue weighted by molar-refractivity contribution is -0.126. The van der Waals surface area contributed by atoms with Crippen molar-refractivity contribution in [2.75, 3.05) is 26.3 Å².